The molecule has 0 radical (unpaired) electrons. The van der Waals surface area contributed by atoms with E-state index in [1.54, 1.807) is 12.1 Å². The minimum atomic E-state index is -0.327. The highest BCUT2D eigenvalue weighted by Gasteiger charge is 2.21. The zero-order valence-electron chi connectivity index (χ0n) is 13.7. The normalized spacial score (nSPS) is 14.9. The van der Waals surface area contributed by atoms with Gasteiger partial charge in [-0.2, -0.15) is 5.10 Å². The van der Waals surface area contributed by atoms with E-state index in [1.165, 1.54) is 7.11 Å². The summed E-state index contributed by atoms with van der Waals surface area (Å²) in [5.74, 6) is 0.812. The summed E-state index contributed by atoms with van der Waals surface area (Å²) in [6.07, 6.45) is 3.77. The Bertz CT molecular complexity index is 693. The van der Waals surface area contributed by atoms with Gasteiger partial charge in [-0.3, -0.25) is 9.91 Å². The number of esters is 1. The van der Waals surface area contributed by atoms with Crippen molar-refractivity contribution < 1.29 is 14.5 Å². The van der Waals surface area contributed by atoms with Crippen molar-refractivity contribution in [2.75, 3.05) is 38.2 Å². The van der Waals surface area contributed by atoms with Crippen LogP contribution in [-0.4, -0.2) is 50.5 Å². The van der Waals surface area contributed by atoms with Crippen molar-refractivity contribution in [2.45, 2.75) is 0 Å². The fourth-order valence-corrected chi connectivity index (χ4v) is 2.60. The molecule has 6 nitrogen and oxygen atoms in total. The van der Waals surface area contributed by atoms with Crippen molar-refractivity contribution in [3.05, 3.63) is 59.8 Å². The lowest BCUT2D eigenvalue weighted by molar-refractivity contribution is -0.364. The van der Waals surface area contributed by atoms with Crippen molar-refractivity contribution in [2.24, 2.45) is 5.10 Å². The van der Waals surface area contributed by atoms with E-state index in [9.17, 15) is 4.79 Å². The minimum Gasteiger partial charge on any atom is -0.465 e. The van der Waals surface area contributed by atoms with Gasteiger partial charge in [0.05, 0.1) is 38.2 Å². The van der Waals surface area contributed by atoms with E-state index in [2.05, 4.69) is 30.8 Å². The van der Waals surface area contributed by atoms with Gasteiger partial charge in [0.2, 0.25) is 0 Å². The number of hydrogen-bond acceptors (Lipinski definition) is 5. The smallest absolute Gasteiger partial charge is 0.337 e. The molecule has 6 heteroatoms. The van der Waals surface area contributed by atoms with Gasteiger partial charge < -0.3 is 4.74 Å². The Labute approximate surface area is 141 Å². The number of carbonyl (C=O) groups excluding carboxylic acids is 1. The number of hydrazone groups is 1. The number of anilines is 1. The van der Waals surface area contributed by atoms with Crippen LogP contribution in [0.15, 0.2) is 53.8 Å². The zero-order chi connectivity index (χ0) is 16.8. The molecule has 3 rings (SSSR count). The summed E-state index contributed by atoms with van der Waals surface area (Å²) in [6, 6.07) is 13.3. The maximum Gasteiger partial charge on any atom is 0.337 e. The van der Waals surface area contributed by atoms with Crippen molar-refractivity contribution >= 4 is 18.0 Å². The fourth-order valence-electron chi connectivity index (χ4n) is 2.60. The van der Waals surface area contributed by atoms with Crippen LogP contribution in [0.5, 0.6) is 0 Å². The highest BCUT2D eigenvalue weighted by molar-refractivity contribution is 5.90. The van der Waals surface area contributed by atoms with Crippen LogP contribution in [0, 0.1) is 0 Å². The van der Waals surface area contributed by atoms with E-state index in [4.69, 9.17) is 0 Å². The van der Waals surface area contributed by atoms with Gasteiger partial charge >= 0.3 is 5.97 Å². The summed E-state index contributed by atoms with van der Waals surface area (Å²) in [7, 11) is 1.38. The third kappa shape index (κ3) is 3.90. The number of piperazine rings is 1. The number of ether oxygens (including phenoxy) is 1. The molecule has 1 N–H and O–H groups in total. The average Bonchev–Trinajstić information content (AvgIpc) is 2.67. The number of pyridine rings is 1. The van der Waals surface area contributed by atoms with E-state index >= 15 is 0 Å². The molecule has 1 aromatic heterocycles. The third-order valence-electron chi connectivity index (χ3n) is 3.99. The Morgan fingerprint density at radius 1 is 1.12 bits per heavy atom. The van der Waals surface area contributed by atoms with Crippen molar-refractivity contribution in [1.29, 1.82) is 0 Å². The zero-order valence-corrected chi connectivity index (χ0v) is 13.7. The van der Waals surface area contributed by atoms with E-state index < -0.39 is 0 Å². The average molecular weight is 325 g/mol. The molecule has 124 valence electrons. The van der Waals surface area contributed by atoms with Gasteiger partial charge in [-0.25, -0.2) is 9.78 Å². The second-order valence-electron chi connectivity index (χ2n) is 5.55. The standard InChI is InChI=1S/C18H20N4O2/c1-24-18(23)16-7-5-15(6-8-16)14-20-22-12-10-21(11-13-22)17-4-2-3-9-19-17/h2-9,14H,10-13H2,1H3/p+1. The van der Waals surface area contributed by atoms with Gasteiger partial charge in [0, 0.05) is 6.07 Å². The van der Waals surface area contributed by atoms with Gasteiger partial charge in [-0.15, -0.1) is 0 Å². The van der Waals surface area contributed by atoms with E-state index in [0.717, 1.165) is 37.6 Å². The van der Waals surface area contributed by atoms with Crippen molar-refractivity contribution in [1.82, 2.24) is 5.01 Å². The monoisotopic (exact) mass is 325 g/mol. The molecular formula is C18H21N4O2+. The van der Waals surface area contributed by atoms with E-state index in [1.807, 2.05) is 36.7 Å². The molecule has 1 aromatic carbocycles. The van der Waals surface area contributed by atoms with Crippen molar-refractivity contribution in [3.8, 4) is 0 Å². The van der Waals surface area contributed by atoms with Gasteiger partial charge in [-0.1, -0.05) is 18.2 Å². The molecule has 0 spiro atoms. The predicted molar refractivity (Wildman–Crippen MR) is 92.2 cm³/mol. The summed E-state index contributed by atoms with van der Waals surface area (Å²) in [4.78, 5) is 17.0. The topological polar surface area (TPSA) is 59.3 Å². The Balaban J connectivity index is 1.54. The summed E-state index contributed by atoms with van der Waals surface area (Å²) in [5.41, 5.74) is 1.50. The highest BCUT2D eigenvalue weighted by atomic mass is 16.5. The summed E-state index contributed by atoms with van der Waals surface area (Å²) in [5, 5.41) is 6.59. The quantitative estimate of drug-likeness (QED) is 0.630. The highest BCUT2D eigenvalue weighted by Crippen LogP contribution is 2.10. The number of carbonyl (C=O) groups is 1. The number of H-pyrrole nitrogens is 1. The molecule has 1 aliphatic rings. The van der Waals surface area contributed by atoms with E-state index in [0.29, 0.717) is 5.56 Å². The Hall–Kier alpha value is -2.89. The number of nitrogens with one attached hydrogen (secondary N) is 1. The molecule has 0 unspecified atom stereocenters. The van der Waals surface area contributed by atoms with Gasteiger partial charge in [0.15, 0.2) is 0 Å². The number of hydrogen-bond donors (Lipinski definition) is 0. The Morgan fingerprint density at radius 3 is 2.50 bits per heavy atom. The predicted octanol–water partition coefficient (Wildman–Crippen LogP) is 1.44. The fraction of sp³-hybridized carbons (Fsp3) is 0.278. The Kier molecular flexibility index (Phi) is 5.05. The molecule has 0 bridgehead atoms. The number of rotatable bonds is 4. The van der Waals surface area contributed by atoms with Crippen LogP contribution >= 0.6 is 0 Å². The maximum absolute atomic E-state index is 11.4. The first-order valence-corrected chi connectivity index (χ1v) is 7.95. The molecule has 1 fully saturated rings. The van der Waals surface area contributed by atoms with Crippen LogP contribution in [0.1, 0.15) is 15.9 Å². The third-order valence-corrected chi connectivity index (χ3v) is 3.99. The van der Waals surface area contributed by atoms with E-state index in [-0.39, 0.29) is 5.97 Å². The van der Waals surface area contributed by atoms with Crippen LogP contribution in [-0.2, 0) is 4.74 Å². The van der Waals surface area contributed by atoms with Crippen LogP contribution in [0.2, 0.25) is 0 Å². The summed E-state index contributed by atoms with van der Waals surface area (Å²) >= 11 is 0. The SMILES string of the molecule is COC(=O)c1ccc(C=NN2CCN(c3cccc[nH+]3)CC2)cc1. The van der Waals surface area contributed by atoms with Crippen LogP contribution in [0.3, 0.4) is 0 Å². The first-order chi connectivity index (χ1) is 11.8. The van der Waals surface area contributed by atoms with Crippen molar-refractivity contribution in [3.63, 3.8) is 0 Å². The number of aromatic nitrogens is 1. The largest absolute Gasteiger partial charge is 0.465 e. The van der Waals surface area contributed by atoms with Crippen LogP contribution < -0.4 is 9.88 Å². The lowest BCUT2D eigenvalue weighted by Gasteiger charge is -2.28. The molecule has 0 atom stereocenters. The second kappa shape index (κ2) is 7.59. The summed E-state index contributed by atoms with van der Waals surface area (Å²) < 4.78 is 4.69. The molecule has 1 aliphatic heterocycles. The molecule has 2 aromatic rings. The first-order valence-electron chi connectivity index (χ1n) is 7.95. The minimum absolute atomic E-state index is 0.327. The first kappa shape index (κ1) is 16.0. The molecule has 2 heterocycles. The lowest BCUT2D eigenvalue weighted by Crippen LogP contribution is -2.45. The Morgan fingerprint density at radius 2 is 1.88 bits per heavy atom. The number of aromatic amines is 1. The van der Waals surface area contributed by atoms with Gasteiger partial charge in [0.1, 0.15) is 13.1 Å². The lowest BCUT2D eigenvalue weighted by atomic mass is 10.1. The number of methoxy groups -OCH3 is 1. The maximum atomic E-state index is 11.4. The van der Waals surface area contributed by atoms with Gasteiger partial charge in [-0.05, 0) is 23.8 Å². The number of nitrogens with zero attached hydrogens (tertiary/aromatic N) is 3. The number of benzene rings is 1. The summed E-state index contributed by atoms with van der Waals surface area (Å²) in [6.45, 7) is 3.61. The molecule has 1 saturated heterocycles. The van der Waals surface area contributed by atoms with Crippen LogP contribution in [0.25, 0.3) is 0 Å². The molecular weight excluding hydrogens is 304 g/mol. The van der Waals surface area contributed by atoms with Gasteiger partial charge in [0.25, 0.3) is 5.82 Å². The van der Waals surface area contributed by atoms with Crippen LogP contribution in [0.4, 0.5) is 5.82 Å². The molecule has 24 heavy (non-hydrogen) atoms. The molecule has 0 aliphatic carbocycles. The second-order valence-corrected chi connectivity index (χ2v) is 5.55. The molecule has 0 amide bonds. The molecule has 0 saturated carbocycles.